The Morgan fingerprint density at radius 2 is 0.750 bits per heavy atom. The second-order valence-electron chi connectivity index (χ2n) is 12.5. The van der Waals surface area contributed by atoms with Gasteiger partial charge in [0.05, 0.1) is 27.3 Å². The first-order valence-corrected chi connectivity index (χ1v) is 18.0. The van der Waals surface area contributed by atoms with Gasteiger partial charge in [0, 0.05) is 22.3 Å². The standard InChI is InChI=1S/2C24H19N3O/c2*1-28-22-15-12-19(13-16-22)14-17-23-24(21-10-6-3-7-11-21)25-26-27(23)18-20-8-4-2-5-9-20/h2*2-13,15-16H,18H2,1H3. The quantitative estimate of drug-likeness (QED) is 0.146. The second-order valence-corrected chi connectivity index (χ2v) is 12.5. The van der Waals surface area contributed by atoms with E-state index in [0.717, 1.165) is 67.7 Å². The van der Waals surface area contributed by atoms with Crippen LogP contribution < -0.4 is 9.47 Å². The molecule has 8 heteroatoms. The van der Waals surface area contributed by atoms with E-state index in [-0.39, 0.29) is 0 Å². The SMILES string of the molecule is COc1ccc(C#Cc2c(-c3ccccc3)nnn2Cc2ccccc2)cc1.COc1ccc(C#Cc2c(-c3ccccc3)nnn2Cc2ccccc2)cc1. The Balaban J connectivity index is 0.000000172. The molecule has 56 heavy (non-hydrogen) atoms. The van der Waals surface area contributed by atoms with Crippen molar-refractivity contribution in [3.8, 4) is 57.7 Å². The number of benzene rings is 6. The first-order valence-electron chi connectivity index (χ1n) is 18.0. The summed E-state index contributed by atoms with van der Waals surface area (Å²) in [5.74, 6) is 14.6. The van der Waals surface area contributed by atoms with Crippen LogP contribution in [0.3, 0.4) is 0 Å². The molecule has 0 aliphatic heterocycles. The van der Waals surface area contributed by atoms with Gasteiger partial charge in [0.15, 0.2) is 0 Å². The van der Waals surface area contributed by atoms with Gasteiger partial charge >= 0.3 is 0 Å². The maximum absolute atomic E-state index is 5.21. The number of hydrogen-bond donors (Lipinski definition) is 0. The highest BCUT2D eigenvalue weighted by Crippen LogP contribution is 2.23. The van der Waals surface area contributed by atoms with Gasteiger partial charge in [-0.2, -0.15) is 0 Å². The Kier molecular flexibility index (Phi) is 12.0. The molecule has 0 radical (unpaired) electrons. The van der Waals surface area contributed by atoms with Crippen LogP contribution in [0.15, 0.2) is 170 Å². The Bertz CT molecular complexity index is 2400. The molecule has 2 heterocycles. The minimum Gasteiger partial charge on any atom is -0.497 e. The van der Waals surface area contributed by atoms with E-state index in [1.807, 2.05) is 155 Å². The minimum atomic E-state index is 0.618. The zero-order valence-corrected chi connectivity index (χ0v) is 31.1. The van der Waals surface area contributed by atoms with Gasteiger partial charge in [-0.1, -0.05) is 144 Å². The monoisotopic (exact) mass is 730 g/mol. The predicted molar refractivity (Wildman–Crippen MR) is 220 cm³/mol. The van der Waals surface area contributed by atoms with E-state index in [1.54, 1.807) is 14.2 Å². The Morgan fingerprint density at radius 1 is 0.411 bits per heavy atom. The van der Waals surface area contributed by atoms with Crippen molar-refractivity contribution in [2.75, 3.05) is 14.2 Å². The number of aromatic nitrogens is 6. The topological polar surface area (TPSA) is 79.9 Å². The van der Waals surface area contributed by atoms with Gasteiger partial charge in [-0.25, -0.2) is 9.36 Å². The highest BCUT2D eigenvalue weighted by molar-refractivity contribution is 5.66. The van der Waals surface area contributed by atoms with Gasteiger partial charge < -0.3 is 9.47 Å². The third-order valence-electron chi connectivity index (χ3n) is 8.75. The molecule has 0 atom stereocenters. The molecule has 0 aliphatic rings. The number of methoxy groups -OCH3 is 2. The third-order valence-corrected chi connectivity index (χ3v) is 8.75. The van der Waals surface area contributed by atoms with E-state index >= 15 is 0 Å². The average Bonchev–Trinajstić information content (AvgIpc) is 3.87. The van der Waals surface area contributed by atoms with Gasteiger partial charge in [0.25, 0.3) is 0 Å². The van der Waals surface area contributed by atoms with Crippen LogP contribution >= 0.6 is 0 Å². The van der Waals surface area contributed by atoms with Gasteiger partial charge in [0.2, 0.25) is 0 Å². The molecule has 0 saturated carbocycles. The van der Waals surface area contributed by atoms with Crippen LogP contribution in [0.5, 0.6) is 11.5 Å². The van der Waals surface area contributed by atoms with Crippen molar-refractivity contribution in [1.29, 1.82) is 0 Å². The summed E-state index contributed by atoms with van der Waals surface area (Å²) < 4.78 is 14.1. The summed E-state index contributed by atoms with van der Waals surface area (Å²) in [5.41, 5.74) is 9.30. The lowest BCUT2D eigenvalue weighted by Crippen LogP contribution is -2.04. The Morgan fingerprint density at radius 3 is 1.09 bits per heavy atom. The second kappa shape index (κ2) is 18.4. The maximum atomic E-state index is 5.21. The van der Waals surface area contributed by atoms with Crippen LogP contribution in [-0.2, 0) is 13.1 Å². The molecule has 2 aromatic heterocycles. The van der Waals surface area contributed by atoms with E-state index in [9.17, 15) is 0 Å². The molecule has 0 fully saturated rings. The normalized spacial score (nSPS) is 10.2. The van der Waals surface area contributed by atoms with Crippen molar-refractivity contribution in [1.82, 2.24) is 30.0 Å². The molecule has 0 aliphatic carbocycles. The molecular weight excluding hydrogens is 693 g/mol. The van der Waals surface area contributed by atoms with Crippen molar-refractivity contribution in [2.24, 2.45) is 0 Å². The summed E-state index contributed by atoms with van der Waals surface area (Å²) in [6.07, 6.45) is 0. The van der Waals surface area contributed by atoms with Gasteiger partial charge in [-0.3, -0.25) is 0 Å². The van der Waals surface area contributed by atoms with Crippen LogP contribution in [0.25, 0.3) is 22.5 Å². The minimum absolute atomic E-state index is 0.618. The summed E-state index contributed by atoms with van der Waals surface area (Å²) in [5, 5.41) is 17.6. The molecule has 0 amide bonds. The van der Waals surface area contributed by atoms with Crippen LogP contribution in [0.2, 0.25) is 0 Å². The third kappa shape index (κ3) is 9.45. The Labute approximate surface area is 327 Å². The number of rotatable bonds is 8. The molecule has 0 saturated heterocycles. The summed E-state index contributed by atoms with van der Waals surface area (Å²) in [4.78, 5) is 0. The number of hydrogen-bond acceptors (Lipinski definition) is 6. The van der Waals surface area contributed by atoms with E-state index < -0.39 is 0 Å². The smallest absolute Gasteiger partial charge is 0.140 e. The zero-order valence-electron chi connectivity index (χ0n) is 31.1. The lowest BCUT2D eigenvalue weighted by atomic mass is 10.1. The molecule has 8 rings (SSSR count). The molecule has 0 N–H and O–H groups in total. The molecule has 0 unspecified atom stereocenters. The number of ether oxygens (including phenoxy) is 2. The summed E-state index contributed by atoms with van der Waals surface area (Å²) in [6.45, 7) is 1.24. The molecule has 0 spiro atoms. The first-order chi connectivity index (χ1) is 27.7. The highest BCUT2D eigenvalue weighted by Gasteiger charge is 2.14. The molecule has 8 aromatic rings. The lowest BCUT2D eigenvalue weighted by molar-refractivity contribution is 0.414. The lowest BCUT2D eigenvalue weighted by Gasteiger charge is -2.04. The zero-order chi connectivity index (χ0) is 38.4. The number of nitrogens with zero attached hydrogens (tertiary/aromatic N) is 6. The van der Waals surface area contributed by atoms with Gasteiger partial charge in [-0.15, -0.1) is 10.2 Å². The van der Waals surface area contributed by atoms with Crippen LogP contribution in [-0.4, -0.2) is 44.2 Å². The van der Waals surface area contributed by atoms with Crippen LogP contribution in [0.1, 0.15) is 33.6 Å². The van der Waals surface area contributed by atoms with Crippen molar-refractivity contribution >= 4 is 0 Å². The Hall–Kier alpha value is -7.68. The predicted octanol–water partition coefficient (Wildman–Crippen LogP) is 8.80. The molecular formula is C48H38N6O2. The average molecular weight is 731 g/mol. The molecule has 8 nitrogen and oxygen atoms in total. The van der Waals surface area contributed by atoms with Crippen molar-refractivity contribution < 1.29 is 9.47 Å². The van der Waals surface area contributed by atoms with Crippen molar-refractivity contribution in [2.45, 2.75) is 13.1 Å². The maximum Gasteiger partial charge on any atom is 0.140 e. The van der Waals surface area contributed by atoms with Crippen LogP contribution in [0, 0.1) is 23.7 Å². The highest BCUT2D eigenvalue weighted by atomic mass is 16.5. The van der Waals surface area contributed by atoms with Crippen LogP contribution in [0.4, 0.5) is 0 Å². The van der Waals surface area contributed by atoms with Crippen molar-refractivity contribution in [3.05, 3.63) is 203 Å². The summed E-state index contributed by atoms with van der Waals surface area (Å²) >= 11 is 0. The van der Waals surface area contributed by atoms with Gasteiger partial charge in [0.1, 0.15) is 34.3 Å². The van der Waals surface area contributed by atoms with E-state index in [2.05, 4.69) is 68.6 Å². The molecule has 6 aromatic carbocycles. The summed E-state index contributed by atoms with van der Waals surface area (Å²) in [6, 6.07) is 55.8. The van der Waals surface area contributed by atoms with E-state index in [1.165, 1.54) is 0 Å². The first kappa shape index (κ1) is 36.7. The summed E-state index contributed by atoms with van der Waals surface area (Å²) in [7, 11) is 3.31. The van der Waals surface area contributed by atoms with Crippen molar-refractivity contribution in [3.63, 3.8) is 0 Å². The largest absolute Gasteiger partial charge is 0.497 e. The van der Waals surface area contributed by atoms with Gasteiger partial charge in [-0.05, 0) is 71.5 Å². The molecule has 272 valence electrons. The fourth-order valence-corrected chi connectivity index (χ4v) is 5.80. The molecule has 0 bridgehead atoms. The van der Waals surface area contributed by atoms with E-state index in [4.69, 9.17) is 9.47 Å². The van der Waals surface area contributed by atoms with E-state index in [0.29, 0.717) is 13.1 Å². The fourth-order valence-electron chi connectivity index (χ4n) is 5.80. The fraction of sp³-hybridized carbons (Fsp3) is 0.0833.